The first kappa shape index (κ1) is 12.1. The second kappa shape index (κ2) is 4.97. The molecule has 6 heteroatoms. The van der Waals surface area contributed by atoms with Crippen LogP contribution in [0.15, 0.2) is 36.9 Å². The van der Waals surface area contributed by atoms with Crippen LogP contribution in [0.5, 0.6) is 0 Å². The summed E-state index contributed by atoms with van der Waals surface area (Å²) in [4.78, 5) is 8.39. The maximum absolute atomic E-state index is 13.1. The van der Waals surface area contributed by atoms with E-state index in [-0.39, 0.29) is 11.9 Å². The van der Waals surface area contributed by atoms with Crippen LogP contribution in [0, 0.1) is 5.82 Å². The van der Waals surface area contributed by atoms with Gasteiger partial charge in [-0.15, -0.1) is 0 Å². The number of halogens is 1. The molecule has 0 amide bonds. The molecule has 2 aromatic heterocycles. The van der Waals surface area contributed by atoms with E-state index in [9.17, 15) is 4.39 Å². The normalized spacial score (nSPS) is 12.7. The molecule has 1 aromatic carbocycles. The fourth-order valence-electron chi connectivity index (χ4n) is 1.93. The van der Waals surface area contributed by atoms with Crippen molar-refractivity contribution in [3.8, 4) is 0 Å². The number of nitrogens with one attached hydrogen (secondary N) is 1. The standard InChI is InChI=1S/C13H13FN4S/c1-9(7-18-5-4-15-8-18)16-13-17-11-6-10(14)2-3-12(11)19-13/h2-6,8-9H,7H2,1H3,(H,16,17). The van der Waals surface area contributed by atoms with Crippen molar-refractivity contribution in [2.24, 2.45) is 0 Å². The molecule has 0 aliphatic rings. The monoisotopic (exact) mass is 276 g/mol. The Morgan fingerprint density at radius 1 is 1.47 bits per heavy atom. The third kappa shape index (κ3) is 2.73. The highest BCUT2D eigenvalue weighted by molar-refractivity contribution is 7.22. The SMILES string of the molecule is CC(Cn1ccnc1)Nc1nc2cc(F)ccc2s1. The van der Waals surface area contributed by atoms with Gasteiger partial charge in [0.25, 0.3) is 0 Å². The molecular weight excluding hydrogens is 263 g/mol. The Morgan fingerprint density at radius 3 is 3.16 bits per heavy atom. The zero-order valence-corrected chi connectivity index (χ0v) is 11.2. The smallest absolute Gasteiger partial charge is 0.184 e. The van der Waals surface area contributed by atoms with Crippen molar-refractivity contribution < 1.29 is 4.39 Å². The predicted molar refractivity (Wildman–Crippen MR) is 74.9 cm³/mol. The van der Waals surface area contributed by atoms with E-state index in [0.29, 0.717) is 5.52 Å². The summed E-state index contributed by atoms with van der Waals surface area (Å²) in [7, 11) is 0. The molecular formula is C13H13FN4S. The molecule has 0 radical (unpaired) electrons. The zero-order valence-electron chi connectivity index (χ0n) is 10.4. The van der Waals surface area contributed by atoms with Crippen molar-refractivity contribution in [1.82, 2.24) is 14.5 Å². The summed E-state index contributed by atoms with van der Waals surface area (Å²) in [6.07, 6.45) is 5.46. The topological polar surface area (TPSA) is 42.7 Å². The van der Waals surface area contributed by atoms with E-state index in [2.05, 4.69) is 22.2 Å². The maximum atomic E-state index is 13.1. The quantitative estimate of drug-likeness (QED) is 0.796. The molecule has 0 fully saturated rings. The highest BCUT2D eigenvalue weighted by atomic mass is 32.1. The van der Waals surface area contributed by atoms with Gasteiger partial charge in [-0.25, -0.2) is 14.4 Å². The van der Waals surface area contributed by atoms with Gasteiger partial charge in [-0.05, 0) is 19.1 Å². The number of imidazole rings is 1. The molecule has 1 N–H and O–H groups in total. The van der Waals surface area contributed by atoms with E-state index in [1.807, 2.05) is 10.8 Å². The van der Waals surface area contributed by atoms with Gasteiger partial charge in [0.15, 0.2) is 5.13 Å². The number of anilines is 1. The largest absolute Gasteiger partial charge is 0.357 e. The summed E-state index contributed by atoms with van der Waals surface area (Å²) < 4.78 is 16.1. The molecule has 3 rings (SSSR count). The highest BCUT2D eigenvalue weighted by Gasteiger charge is 2.08. The van der Waals surface area contributed by atoms with Crippen molar-refractivity contribution >= 4 is 26.7 Å². The summed E-state index contributed by atoms with van der Waals surface area (Å²) in [6, 6.07) is 4.89. The lowest BCUT2D eigenvalue weighted by molar-refractivity contribution is 0.618. The van der Waals surface area contributed by atoms with Crippen LogP contribution < -0.4 is 5.32 Å². The van der Waals surface area contributed by atoms with Gasteiger partial charge in [0.1, 0.15) is 5.82 Å². The first-order valence-corrected chi connectivity index (χ1v) is 6.81. The van der Waals surface area contributed by atoms with Crippen LogP contribution in [0.4, 0.5) is 9.52 Å². The number of fused-ring (bicyclic) bond motifs is 1. The fourth-order valence-corrected chi connectivity index (χ4v) is 2.89. The molecule has 3 aromatic rings. The number of aromatic nitrogens is 3. The number of rotatable bonds is 4. The minimum absolute atomic E-state index is 0.222. The van der Waals surface area contributed by atoms with E-state index in [1.165, 1.54) is 23.5 Å². The van der Waals surface area contributed by atoms with Gasteiger partial charge in [0.2, 0.25) is 0 Å². The van der Waals surface area contributed by atoms with E-state index in [1.54, 1.807) is 18.6 Å². The maximum Gasteiger partial charge on any atom is 0.184 e. The summed E-state index contributed by atoms with van der Waals surface area (Å²) in [5, 5.41) is 4.14. The zero-order chi connectivity index (χ0) is 13.2. The van der Waals surface area contributed by atoms with Crippen LogP contribution in [-0.4, -0.2) is 20.6 Å². The average Bonchev–Trinajstić information content (AvgIpc) is 2.97. The molecule has 0 bridgehead atoms. The van der Waals surface area contributed by atoms with E-state index in [0.717, 1.165) is 16.4 Å². The lowest BCUT2D eigenvalue weighted by atomic mass is 10.3. The minimum atomic E-state index is -0.254. The van der Waals surface area contributed by atoms with Gasteiger partial charge in [-0.3, -0.25) is 0 Å². The lowest BCUT2D eigenvalue weighted by Gasteiger charge is -2.12. The molecule has 0 spiro atoms. The van der Waals surface area contributed by atoms with E-state index < -0.39 is 0 Å². The van der Waals surface area contributed by atoms with Crippen molar-refractivity contribution in [3.05, 3.63) is 42.7 Å². The fraction of sp³-hybridized carbons (Fsp3) is 0.231. The lowest BCUT2D eigenvalue weighted by Crippen LogP contribution is -2.21. The second-order valence-electron chi connectivity index (χ2n) is 4.44. The number of hydrogen-bond donors (Lipinski definition) is 1. The van der Waals surface area contributed by atoms with E-state index in [4.69, 9.17) is 0 Å². The van der Waals surface area contributed by atoms with Crippen molar-refractivity contribution in [2.75, 3.05) is 5.32 Å². The number of benzene rings is 1. The van der Waals surface area contributed by atoms with Gasteiger partial charge in [0.05, 0.1) is 16.5 Å². The third-order valence-electron chi connectivity index (χ3n) is 2.76. The van der Waals surface area contributed by atoms with E-state index >= 15 is 0 Å². The number of hydrogen-bond acceptors (Lipinski definition) is 4. The molecule has 0 saturated heterocycles. The Morgan fingerprint density at radius 2 is 2.37 bits per heavy atom. The molecule has 4 nitrogen and oxygen atoms in total. The van der Waals surface area contributed by atoms with Crippen LogP contribution in [0.1, 0.15) is 6.92 Å². The van der Waals surface area contributed by atoms with Gasteiger partial charge < -0.3 is 9.88 Å². The van der Waals surface area contributed by atoms with Crippen molar-refractivity contribution in [3.63, 3.8) is 0 Å². The molecule has 2 heterocycles. The summed E-state index contributed by atoms with van der Waals surface area (Å²) in [5.41, 5.74) is 0.697. The highest BCUT2D eigenvalue weighted by Crippen LogP contribution is 2.26. The van der Waals surface area contributed by atoms with Gasteiger partial charge in [-0.2, -0.15) is 0 Å². The molecule has 1 atom stereocenters. The number of thiazole rings is 1. The van der Waals surface area contributed by atoms with Gasteiger partial charge in [-0.1, -0.05) is 11.3 Å². The first-order valence-electron chi connectivity index (χ1n) is 5.99. The third-order valence-corrected chi connectivity index (χ3v) is 3.73. The molecule has 0 aliphatic heterocycles. The van der Waals surface area contributed by atoms with Crippen LogP contribution in [0.25, 0.3) is 10.2 Å². The number of nitrogens with zero attached hydrogens (tertiary/aromatic N) is 3. The first-order chi connectivity index (χ1) is 9.20. The van der Waals surface area contributed by atoms with Crippen molar-refractivity contribution in [1.29, 1.82) is 0 Å². The summed E-state index contributed by atoms with van der Waals surface area (Å²) >= 11 is 1.53. The summed E-state index contributed by atoms with van der Waals surface area (Å²) in [6.45, 7) is 2.89. The Labute approximate surface area is 113 Å². The Balaban J connectivity index is 1.74. The van der Waals surface area contributed by atoms with Crippen LogP contribution in [0.2, 0.25) is 0 Å². The predicted octanol–water partition coefficient (Wildman–Crippen LogP) is 3.13. The summed E-state index contributed by atoms with van der Waals surface area (Å²) in [5.74, 6) is -0.254. The Hall–Kier alpha value is -1.95. The Kier molecular flexibility index (Phi) is 3.16. The molecule has 1 unspecified atom stereocenters. The Bertz CT molecular complexity index is 677. The van der Waals surface area contributed by atoms with Gasteiger partial charge >= 0.3 is 0 Å². The molecule has 0 saturated carbocycles. The second-order valence-corrected chi connectivity index (χ2v) is 5.47. The van der Waals surface area contributed by atoms with Crippen LogP contribution in [-0.2, 0) is 6.54 Å². The van der Waals surface area contributed by atoms with Gasteiger partial charge in [0, 0.05) is 31.0 Å². The van der Waals surface area contributed by atoms with Crippen LogP contribution >= 0.6 is 11.3 Å². The average molecular weight is 276 g/mol. The minimum Gasteiger partial charge on any atom is -0.357 e. The van der Waals surface area contributed by atoms with Crippen molar-refractivity contribution in [2.45, 2.75) is 19.5 Å². The molecule has 0 aliphatic carbocycles. The molecule has 98 valence electrons. The van der Waals surface area contributed by atoms with Crippen LogP contribution in [0.3, 0.4) is 0 Å². The molecule has 19 heavy (non-hydrogen) atoms.